The van der Waals surface area contributed by atoms with E-state index in [1.807, 2.05) is 30.5 Å². The number of H-pyrrole nitrogens is 1. The number of methoxy groups -OCH3 is 2. The van der Waals surface area contributed by atoms with Crippen molar-refractivity contribution in [1.82, 2.24) is 10.3 Å². The van der Waals surface area contributed by atoms with E-state index in [1.54, 1.807) is 14.2 Å². The van der Waals surface area contributed by atoms with E-state index in [2.05, 4.69) is 35.4 Å². The number of carbonyl (C=O) groups is 1. The van der Waals surface area contributed by atoms with E-state index in [0.29, 0.717) is 19.6 Å². The molecule has 0 spiro atoms. The SMILES string of the molecule is CCc1cccc2c([C@H](CC(=O)NCCOC)c3ccccc3OC)c[nH]c12. The maximum atomic E-state index is 12.6. The van der Waals surface area contributed by atoms with Gasteiger partial charge in [-0.05, 0) is 23.6 Å². The third-order valence-electron chi connectivity index (χ3n) is 5.12. The fraction of sp³-hybridized carbons (Fsp3) is 0.348. The van der Waals surface area contributed by atoms with E-state index in [0.717, 1.165) is 34.2 Å². The largest absolute Gasteiger partial charge is 0.496 e. The highest BCUT2D eigenvalue weighted by molar-refractivity contribution is 5.88. The Bertz CT molecular complexity index is 932. The average molecular weight is 380 g/mol. The van der Waals surface area contributed by atoms with Gasteiger partial charge in [-0.15, -0.1) is 0 Å². The second kappa shape index (κ2) is 9.42. The molecular formula is C23H28N2O3. The summed E-state index contributed by atoms with van der Waals surface area (Å²) >= 11 is 0. The maximum Gasteiger partial charge on any atom is 0.221 e. The van der Waals surface area contributed by atoms with Crippen molar-refractivity contribution in [3.05, 3.63) is 65.4 Å². The molecule has 1 atom stereocenters. The highest BCUT2D eigenvalue weighted by Gasteiger charge is 2.24. The molecule has 3 aromatic rings. The fourth-order valence-electron chi connectivity index (χ4n) is 3.71. The third kappa shape index (κ3) is 4.20. The summed E-state index contributed by atoms with van der Waals surface area (Å²) in [5.74, 6) is 0.673. The number of benzene rings is 2. The van der Waals surface area contributed by atoms with Gasteiger partial charge in [-0.25, -0.2) is 0 Å². The molecule has 1 aromatic heterocycles. The van der Waals surface area contributed by atoms with Crippen LogP contribution in [0.4, 0.5) is 0 Å². The first-order valence-corrected chi connectivity index (χ1v) is 9.67. The molecule has 0 aliphatic heterocycles. The van der Waals surface area contributed by atoms with Gasteiger partial charge in [0, 0.05) is 48.7 Å². The lowest BCUT2D eigenvalue weighted by atomic mass is 9.87. The topological polar surface area (TPSA) is 63.4 Å². The number of hydrogen-bond donors (Lipinski definition) is 2. The first-order chi connectivity index (χ1) is 13.7. The highest BCUT2D eigenvalue weighted by atomic mass is 16.5. The Balaban J connectivity index is 2.03. The quantitative estimate of drug-likeness (QED) is 0.551. The summed E-state index contributed by atoms with van der Waals surface area (Å²) in [6, 6.07) is 14.2. The molecule has 0 aliphatic rings. The maximum absolute atomic E-state index is 12.6. The van der Waals surface area contributed by atoms with Crippen molar-refractivity contribution in [2.24, 2.45) is 0 Å². The number of carbonyl (C=O) groups excluding carboxylic acids is 1. The molecule has 1 amide bonds. The molecule has 1 heterocycles. The van der Waals surface area contributed by atoms with Gasteiger partial charge in [0.15, 0.2) is 0 Å². The molecule has 0 radical (unpaired) electrons. The molecule has 28 heavy (non-hydrogen) atoms. The molecule has 0 unspecified atom stereocenters. The Morgan fingerprint density at radius 2 is 1.93 bits per heavy atom. The second-order valence-corrected chi connectivity index (χ2v) is 6.78. The monoisotopic (exact) mass is 380 g/mol. The predicted molar refractivity (Wildman–Crippen MR) is 112 cm³/mol. The number of ether oxygens (including phenoxy) is 2. The van der Waals surface area contributed by atoms with E-state index in [4.69, 9.17) is 9.47 Å². The summed E-state index contributed by atoms with van der Waals surface area (Å²) in [5.41, 5.74) is 4.53. The zero-order chi connectivity index (χ0) is 19.9. The predicted octanol–water partition coefficient (Wildman–Crippen LogP) is 4.02. The molecule has 5 heteroatoms. The van der Waals surface area contributed by atoms with E-state index >= 15 is 0 Å². The first-order valence-electron chi connectivity index (χ1n) is 9.67. The molecule has 2 aromatic carbocycles. The van der Waals surface area contributed by atoms with Gasteiger partial charge in [0.25, 0.3) is 0 Å². The number of hydrogen-bond acceptors (Lipinski definition) is 3. The molecule has 2 N–H and O–H groups in total. The van der Waals surface area contributed by atoms with Crippen LogP contribution in [0.1, 0.15) is 36.0 Å². The van der Waals surface area contributed by atoms with Gasteiger partial charge in [-0.3, -0.25) is 4.79 Å². The van der Waals surface area contributed by atoms with Crippen molar-refractivity contribution in [1.29, 1.82) is 0 Å². The molecule has 0 aliphatic carbocycles. The van der Waals surface area contributed by atoms with Gasteiger partial charge < -0.3 is 19.8 Å². The molecule has 0 saturated heterocycles. The minimum atomic E-state index is -0.112. The minimum Gasteiger partial charge on any atom is -0.496 e. The molecule has 5 nitrogen and oxygen atoms in total. The molecule has 0 bridgehead atoms. The van der Waals surface area contributed by atoms with Crippen LogP contribution in [0.5, 0.6) is 5.75 Å². The van der Waals surface area contributed by atoms with E-state index in [-0.39, 0.29) is 11.8 Å². The number of nitrogens with one attached hydrogen (secondary N) is 2. The molecule has 148 valence electrons. The van der Waals surface area contributed by atoms with Crippen LogP contribution in [0.3, 0.4) is 0 Å². The lowest BCUT2D eigenvalue weighted by molar-refractivity contribution is -0.121. The van der Waals surface area contributed by atoms with Gasteiger partial charge in [-0.2, -0.15) is 0 Å². The number of aryl methyl sites for hydroxylation is 1. The van der Waals surface area contributed by atoms with Crippen molar-refractivity contribution >= 4 is 16.8 Å². The average Bonchev–Trinajstić information content (AvgIpc) is 3.16. The van der Waals surface area contributed by atoms with Crippen molar-refractivity contribution < 1.29 is 14.3 Å². The Labute approximate surface area is 166 Å². The van der Waals surface area contributed by atoms with Crippen LogP contribution in [-0.2, 0) is 16.0 Å². The van der Waals surface area contributed by atoms with Crippen molar-refractivity contribution in [2.45, 2.75) is 25.7 Å². The van der Waals surface area contributed by atoms with Gasteiger partial charge in [0.1, 0.15) is 5.75 Å². The number of para-hydroxylation sites is 2. The van der Waals surface area contributed by atoms with Crippen LogP contribution < -0.4 is 10.1 Å². The minimum absolute atomic E-state index is 0.00560. The van der Waals surface area contributed by atoms with Crippen LogP contribution in [0, 0.1) is 0 Å². The fourth-order valence-corrected chi connectivity index (χ4v) is 3.71. The lowest BCUT2D eigenvalue weighted by Crippen LogP contribution is -2.28. The Morgan fingerprint density at radius 1 is 1.11 bits per heavy atom. The summed E-state index contributed by atoms with van der Waals surface area (Å²) in [6.07, 6.45) is 3.32. The first kappa shape index (κ1) is 20.0. The van der Waals surface area contributed by atoms with Crippen LogP contribution in [0.15, 0.2) is 48.7 Å². The standard InChI is InChI=1S/C23H28N2O3/c1-4-16-8-7-10-18-20(15-25-23(16)18)19(14-22(26)24-12-13-27-2)17-9-5-6-11-21(17)28-3/h5-11,15,19,25H,4,12-14H2,1-3H3,(H,24,26)/t19-/m1/s1. The van der Waals surface area contributed by atoms with Gasteiger partial charge in [0.05, 0.1) is 13.7 Å². The number of aromatic nitrogens is 1. The molecule has 3 rings (SSSR count). The Hall–Kier alpha value is -2.79. The van der Waals surface area contributed by atoms with Gasteiger partial charge >= 0.3 is 0 Å². The molecular weight excluding hydrogens is 352 g/mol. The number of aromatic amines is 1. The van der Waals surface area contributed by atoms with Crippen molar-refractivity contribution in [2.75, 3.05) is 27.4 Å². The third-order valence-corrected chi connectivity index (χ3v) is 5.12. The van der Waals surface area contributed by atoms with E-state index in [9.17, 15) is 4.79 Å². The summed E-state index contributed by atoms with van der Waals surface area (Å²) in [6.45, 7) is 3.15. The van der Waals surface area contributed by atoms with Crippen LogP contribution in [0.25, 0.3) is 10.9 Å². The summed E-state index contributed by atoms with van der Waals surface area (Å²) < 4.78 is 10.6. The van der Waals surface area contributed by atoms with E-state index < -0.39 is 0 Å². The van der Waals surface area contributed by atoms with Crippen LogP contribution in [0.2, 0.25) is 0 Å². The number of fused-ring (bicyclic) bond motifs is 1. The number of amides is 1. The smallest absolute Gasteiger partial charge is 0.221 e. The van der Waals surface area contributed by atoms with Crippen LogP contribution in [-0.4, -0.2) is 38.3 Å². The van der Waals surface area contributed by atoms with Gasteiger partial charge in [-0.1, -0.05) is 43.3 Å². The zero-order valence-electron chi connectivity index (χ0n) is 16.7. The summed E-state index contributed by atoms with van der Waals surface area (Å²) in [4.78, 5) is 16.1. The van der Waals surface area contributed by atoms with Gasteiger partial charge in [0.2, 0.25) is 5.91 Å². The normalized spacial score (nSPS) is 12.1. The second-order valence-electron chi connectivity index (χ2n) is 6.78. The Morgan fingerprint density at radius 3 is 2.68 bits per heavy atom. The number of rotatable bonds is 9. The zero-order valence-corrected chi connectivity index (χ0v) is 16.7. The summed E-state index contributed by atoms with van der Waals surface area (Å²) in [5, 5.41) is 4.09. The molecule has 0 saturated carbocycles. The van der Waals surface area contributed by atoms with Crippen molar-refractivity contribution in [3.8, 4) is 5.75 Å². The van der Waals surface area contributed by atoms with Crippen molar-refractivity contribution in [3.63, 3.8) is 0 Å². The van der Waals surface area contributed by atoms with Crippen LogP contribution >= 0.6 is 0 Å². The lowest BCUT2D eigenvalue weighted by Gasteiger charge is -2.20. The summed E-state index contributed by atoms with van der Waals surface area (Å²) in [7, 11) is 3.29. The highest BCUT2D eigenvalue weighted by Crippen LogP contribution is 2.38. The van der Waals surface area contributed by atoms with E-state index in [1.165, 1.54) is 5.56 Å². The Kier molecular flexibility index (Phi) is 6.71. The molecule has 0 fully saturated rings.